The number of nitrogens with zero attached hydrogens (tertiary/aromatic N) is 1. The molecule has 2 aromatic rings. The molecule has 0 aliphatic rings. The summed E-state index contributed by atoms with van der Waals surface area (Å²) >= 11 is 5.89. The number of carbonyl (C=O) groups is 1. The van der Waals surface area contributed by atoms with Crippen LogP contribution >= 0.6 is 22.3 Å². The zero-order valence-corrected chi connectivity index (χ0v) is 12.4. The second-order valence-corrected chi connectivity index (χ2v) is 6.84. The molecule has 0 aliphatic carbocycles. The Hall–Kier alpha value is -1.57. The van der Waals surface area contributed by atoms with Crippen LogP contribution in [0.1, 0.15) is 16.2 Å². The summed E-state index contributed by atoms with van der Waals surface area (Å²) in [7, 11) is 1.32. The molecular weight excluding hydrogens is 327 g/mol. The van der Waals surface area contributed by atoms with Crippen LogP contribution in [0.3, 0.4) is 0 Å². The largest absolute Gasteiger partial charge is 0.351 e. The summed E-state index contributed by atoms with van der Waals surface area (Å²) in [5.41, 5.74) is 0.791. The molecule has 0 fully saturated rings. The van der Waals surface area contributed by atoms with Gasteiger partial charge in [-0.3, -0.25) is 4.79 Å². The summed E-state index contributed by atoms with van der Waals surface area (Å²) in [5.74, 6) is -0.526. The highest BCUT2D eigenvalue weighted by atomic mass is 35.7. The number of aromatic nitrogens is 1. The molecule has 20 heavy (non-hydrogen) atoms. The third-order valence-corrected chi connectivity index (χ3v) is 3.99. The summed E-state index contributed by atoms with van der Waals surface area (Å²) in [4.78, 5) is 11.7. The fraction of sp³-hybridized carbons (Fsp3) is 0.0909. The minimum atomic E-state index is -3.87. The number of nitrogens with one attached hydrogen (secondary N) is 1. The molecule has 0 saturated heterocycles. The van der Waals surface area contributed by atoms with E-state index in [0.717, 1.165) is 6.07 Å². The highest BCUT2D eigenvalue weighted by Gasteiger charge is 2.16. The molecule has 1 N–H and O–H groups in total. The van der Waals surface area contributed by atoms with Crippen molar-refractivity contribution in [3.63, 3.8) is 0 Å². The van der Waals surface area contributed by atoms with E-state index in [2.05, 4.69) is 10.5 Å². The van der Waals surface area contributed by atoms with Crippen molar-refractivity contribution in [3.05, 3.63) is 40.7 Å². The molecule has 1 aromatic heterocycles. The van der Waals surface area contributed by atoms with Gasteiger partial charge in [0.15, 0.2) is 0 Å². The number of aryl methyl sites for hydroxylation is 1. The summed E-state index contributed by atoms with van der Waals surface area (Å²) in [6.07, 6.45) is 0. The fourth-order valence-electron chi connectivity index (χ4n) is 1.40. The number of anilines is 1. The smallest absolute Gasteiger partial charge is 0.294 e. The van der Waals surface area contributed by atoms with E-state index in [0.29, 0.717) is 5.69 Å². The number of halogens is 2. The summed E-state index contributed by atoms with van der Waals surface area (Å²) < 4.78 is 27.1. The first kappa shape index (κ1) is 14.8. The molecule has 0 aliphatic heterocycles. The Morgan fingerprint density at radius 3 is 2.55 bits per heavy atom. The topological polar surface area (TPSA) is 89.3 Å². The van der Waals surface area contributed by atoms with Crippen LogP contribution in [-0.4, -0.2) is 19.5 Å². The van der Waals surface area contributed by atoms with E-state index in [9.17, 15) is 13.2 Å². The lowest BCUT2D eigenvalue weighted by Crippen LogP contribution is -2.11. The molecule has 0 radical (unpaired) electrons. The summed E-state index contributed by atoms with van der Waals surface area (Å²) in [6.45, 7) is 1.67. The van der Waals surface area contributed by atoms with Crippen molar-refractivity contribution in [2.45, 2.75) is 11.8 Å². The second-order valence-electron chi connectivity index (χ2n) is 3.87. The molecule has 9 heteroatoms. The lowest BCUT2D eigenvalue weighted by atomic mass is 10.3. The van der Waals surface area contributed by atoms with Gasteiger partial charge in [-0.15, -0.1) is 0 Å². The van der Waals surface area contributed by atoms with Gasteiger partial charge in [0.05, 0.1) is 21.3 Å². The fourth-order valence-corrected chi connectivity index (χ4v) is 2.47. The number of hydrogen-bond acceptors (Lipinski definition) is 5. The first-order chi connectivity index (χ1) is 9.27. The minimum Gasteiger partial charge on any atom is -0.351 e. The van der Waals surface area contributed by atoms with E-state index in [1.807, 2.05) is 0 Å². The Kier molecular flexibility index (Phi) is 4.03. The van der Waals surface area contributed by atoms with Crippen molar-refractivity contribution in [1.82, 2.24) is 5.16 Å². The van der Waals surface area contributed by atoms with Crippen LogP contribution in [0.25, 0.3) is 0 Å². The van der Waals surface area contributed by atoms with Gasteiger partial charge in [0.1, 0.15) is 0 Å². The van der Waals surface area contributed by atoms with Crippen LogP contribution in [0.15, 0.2) is 33.7 Å². The zero-order valence-electron chi connectivity index (χ0n) is 10.1. The van der Waals surface area contributed by atoms with Crippen molar-refractivity contribution in [2.75, 3.05) is 5.32 Å². The highest BCUT2D eigenvalue weighted by Crippen LogP contribution is 2.27. The van der Waals surface area contributed by atoms with Gasteiger partial charge in [0.25, 0.3) is 15.0 Å². The third-order valence-electron chi connectivity index (χ3n) is 2.32. The van der Waals surface area contributed by atoms with Gasteiger partial charge in [0, 0.05) is 16.7 Å². The second kappa shape index (κ2) is 5.43. The highest BCUT2D eigenvalue weighted by molar-refractivity contribution is 8.13. The van der Waals surface area contributed by atoms with Crippen LogP contribution in [-0.2, 0) is 9.05 Å². The number of hydrogen-bond donors (Lipinski definition) is 1. The van der Waals surface area contributed by atoms with Crippen LogP contribution in [0.2, 0.25) is 5.02 Å². The molecule has 0 atom stereocenters. The first-order valence-electron chi connectivity index (χ1n) is 5.26. The Balaban J connectivity index is 2.25. The van der Waals surface area contributed by atoms with Crippen LogP contribution in [0.4, 0.5) is 5.69 Å². The molecular formula is C11H8Cl2N2O4S. The normalized spacial score (nSPS) is 11.3. The van der Waals surface area contributed by atoms with Crippen molar-refractivity contribution >= 4 is 42.9 Å². The molecule has 1 amide bonds. The number of carbonyl (C=O) groups excluding carboxylic acids is 1. The zero-order chi connectivity index (χ0) is 14.9. The van der Waals surface area contributed by atoms with E-state index in [4.69, 9.17) is 26.8 Å². The van der Waals surface area contributed by atoms with Crippen molar-refractivity contribution in [2.24, 2.45) is 0 Å². The first-order valence-corrected chi connectivity index (χ1v) is 7.95. The Morgan fingerprint density at radius 2 is 2.05 bits per heavy atom. The van der Waals surface area contributed by atoms with E-state index < -0.39 is 15.0 Å². The van der Waals surface area contributed by atoms with Gasteiger partial charge in [-0.2, -0.15) is 0 Å². The van der Waals surface area contributed by atoms with E-state index in [-0.39, 0.29) is 21.4 Å². The van der Waals surface area contributed by atoms with Crippen LogP contribution < -0.4 is 5.32 Å². The van der Waals surface area contributed by atoms with Crippen molar-refractivity contribution in [3.8, 4) is 0 Å². The Morgan fingerprint density at radius 1 is 1.35 bits per heavy atom. The van der Waals surface area contributed by atoms with E-state index >= 15 is 0 Å². The quantitative estimate of drug-likeness (QED) is 0.871. The molecule has 1 heterocycles. The van der Waals surface area contributed by atoms with Gasteiger partial charge in [0.2, 0.25) is 5.76 Å². The molecule has 106 valence electrons. The molecule has 0 unspecified atom stereocenters. The molecule has 6 nitrogen and oxygen atoms in total. The Bertz CT molecular complexity index is 770. The molecule has 2 rings (SSSR count). The maximum Gasteiger partial charge on any atom is 0.294 e. The number of benzene rings is 1. The molecule has 0 saturated carbocycles. The SMILES string of the molecule is Cc1cc(C(=O)Nc2ccc(S(=O)(=O)Cl)cc2Cl)on1. The van der Waals surface area contributed by atoms with Gasteiger partial charge in [-0.25, -0.2) is 8.42 Å². The number of amides is 1. The van der Waals surface area contributed by atoms with Gasteiger partial charge >= 0.3 is 0 Å². The lowest BCUT2D eigenvalue weighted by Gasteiger charge is -2.06. The maximum atomic E-state index is 11.8. The van der Waals surface area contributed by atoms with Gasteiger partial charge in [-0.1, -0.05) is 16.8 Å². The van der Waals surface area contributed by atoms with Crippen LogP contribution in [0, 0.1) is 6.92 Å². The summed E-state index contributed by atoms with van der Waals surface area (Å²) in [6, 6.07) is 5.17. The van der Waals surface area contributed by atoms with Gasteiger partial charge in [-0.05, 0) is 25.1 Å². The number of rotatable bonds is 3. The van der Waals surface area contributed by atoms with Gasteiger partial charge < -0.3 is 9.84 Å². The summed E-state index contributed by atoms with van der Waals surface area (Å²) in [5, 5.41) is 6.10. The third kappa shape index (κ3) is 3.30. The maximum absolute atomic E-state index is 11.8. The standard InChI is InChI=1S/C11H8Cl2N2O4S/c1-6-4-10(19-15-6)11(16)14-9-3-2-7(5-8(9)12)20(13,17)18/h2-5H,1H3,(H,14,16). The molecule has 0 spiro atoms. The lowest BCUT2D eigenvalue weighted by molar-refractivity contribution is 0.0988. The Labute approximate surface area is 124 Å². The predicted octanol–water partition coefficient (Wildman–Crippen LogP) is 2.82. The van der Waals surface area contributed by atoms with Crippen molar-refractivity contribution in [1.29, 1.82) is 0 Å². The van der Waals surface area contributed by atoms with Crippen molar-refractivity contribution < 1.29 is 17.7 Å². The molecule has 0 bridgehead atoms. The average Bonchev–Trinajstić information content (AvgIpc) is 2.77. The predicted molar refractivity (Wildman–Crippen MR) is 73.7 cm³/mol. The monoisotopic (exact) mass is 334 g/mol. The van der Waals surface area contributed by atoms with E-state index in [1.54, 1.807) is 6.92 Å². The molecule has 1 aromatic carbocycles. The average molecular weight is 335 g/mol. The minimum absolute atomic E-state index is 0.0209. The van der Waals surface area contributed by atoms with Crippen LogP contribution in [0.5, 0.6) is 0 Å². The van der Waals surface area contributed by atoms with E-state index in [1.165, 1.54) is 18.2 Å².